The van der Waals surface area contributed by atoms with E-state index in [0.29, 0.717) is 0 Å². The molecule has 1 heteroatoms. The average molecular weight is 747 g/mol. The maximum absolute atomic E-state index is 4.00. The van der Waals surface area contributed by atoms with Gasteiger partial charge in [-0.05, 0) is 84.4 Å². The molecular weight excluding hydrogens is 681 g/mol. The first-order chi connectivity index (χ1) is 26.6. The minimum Gasteiger partial charge on any atom is -0.183 e. The minimum absolute atomic E-state index is 0.117. The quantitative estimate of drug-likeness (QED) is 0.137. The number of allylic oxidation sites excluding steroid dienone is 7. The molecular formula is C54H66S. The molecule has 0 saturated carbocycles. The van der Waals surface area contributed by atoms with Crippen LogP contribution in [0.1, 0.15) is 87.8 Å². The molecule has 1 unspecified atom stereocenters. The van der Waals surface area contributed by atoms with Crippen LogP contribution in [0.2, 0.25) is 0 Å². The molecule has 0 spiro atoms. The molecule has 55 heavy (non-hydrogen) atoms. The van der Waals surface area contributed by atoms with Crippen molar-refractivity contribution in [3.05, 3.63) is 209 Å². The monoisotopic (exact) mass is 746 g/mol. The summed E-state index contributed by atoms with van der Waals surface area (Å²) in [6.07, 6.45) is 22.7. The number of terminal acetylenes is 1. The summed E-state index contributed by atoms with van der Waals surface area (Å²) in [6, 6.07) is 46.7. The van der Waals surface area contributed by atoms with Gasteiger partial charge in [-0.1, -0.05) is 223 Å². The second-order valence-corrected chi connectivity index (χ2v) is 13.7. The molecule has 0 N–H and O–H groups in total. The first-order valence-corrected chi connectivity index (χ1v) is 20.3. The van der Waals surface area contributed by atoms with Crippen molar-refractivity contribution < 1.29 is 0 Å². The highest BCUT2D eigenvalue weighted by atomic mass is 32.1. The van der Waals surface area contributed by atoms with Crippen molar-refractivity contribution in [3.63, 3.8) is 0 Å². The van der Waals surface area contributed by atoms with Gasteiger partial charge in [0.25, 0.3) is 0 Å². The van der Waals surface area contributed by atoms with Gasteiger partial charge in [-0.25, -0.2) is 0 Å². The summed E-state index contributed by atoms with van der Waals surface area (Å²) in [4.78, 5) is 0. The Balaban J connectivity index is 0.000000379. The molecule has 2 aliphatic carbocycles. The Bertz CT molecular complexity index is 1870. The lowest BCUT2D eigenvalue weighted by Gasteiger charge is -2.28. The molecule has 0 fully saturated rings. The van der Waals surface area contributed by atoms with Gasteiger partial charge < -0.3 is 0 Å². The summed E-state index contributed by atoms with van der Waals surface area (Å²) in [5.41, 5.74) is 14.0. The molecule has 0 nitrogen and oxygen atoms in total. The van der Waals surface area contributed by atoms with E-state index in [1.54, 1.807) is 6.26 Å². The first-order valence-electron chi connectivity index (χ1n) is 19.4. The minimum atomic E-state index is 0.117. The summed E-state index contributed by atoms with van der Waals surface area (Å²) < 4.78 is 0. The molecule has 0 heterocycles. The maximum atomic E-state index is 4.00. The zero-order valence-corrected chi connectivity index (χ0v) is 36.2. The number of thiol groups is 1. The zero-order chi connectivity index (χ0) is 41.3. The highest BCUT2D eigenvalue weighted by Gasteiger charge is 2.34. The van der Waals surface area contributed by atoms with Crippen molar-refractivity contribution in [1.82, 2.24) is 0 Å². The Hall–Kier alpha value is -5.03. The predicted molar refractivity (Wildman–Crippen MR) is 252 cm³/mol. The number of hydrogen-bond acceptors (Lipinski definition) is 1. The summed E-state index contributed by atoms with van der Waals surface area (Å²) >= 11 is 3.53. The summed E-state index contributed by atoms with van der Waals surface area (Å²) in [6.45, 7) is 23.4. The van der Waals surface area contributed by atoms with Gasteiger partial charge in [0.15, 0.2) is 0 Å². The normalized spacial score (nSPS) is 15.0. The number of fused-ring (bicyclic) bond motifs is 1. The fourth-order valence-corrected chi connectivity index (χ4v) is 6.59. The van der Waals surface area contributed by atoms with Crippen LogP contribution in [0.3, 0.4) is 0 Å². The third-order valence-corrected chi connectivity index (χ3v) is 9.60. The van der Waals surface area contributed by atoms with Gasteiger partial charge >= 0.3 is 0 Å². The Morgan fingerprint density at radius 3 is 1.62 bits per heavy atom. The zero-order valence-electron chi connectivity index (χ0n) is 35.3. The van der Waals surface area contributed by atoms with Crippen LogP contribution in [0.5, 0.6) is 0 Å². The summed E-state index contributed by atoms with van der Waals surface area (Å²) in [7, 11) is 0. The standard InChI is InChI=1S/C20H20.C15H18.C8H10.C6H6.C2H6.C2H2.CH4S/c1-16-11-12-18(20(2)13-7-4-8-14-20)15-19(16)17-9-5-3-6-10-17;1-5-11-12-9-7-8-10-14(12)15(3,4)13(11)6-2;1-7-3-5-8(2)6-4-7;1-2-4-6-5-3-1;3*1-2/h3-13,15H,14H2,1-2H3;6-10H,2,5H2,1,3-4H3;3-6H,1-2H3;1-6H;1-2H3;1-2H;2H,1H3. The van der Waals surface area contributed by atoms with E-state index in [1.807, 2.05) is 56.3 Å². The van der Waals surface area contributed by atoms with Crippen LogP contribution in [-0.4, -0.2) is 6.26 Å². The van der Waals surface area contributed by atoms with Crippen molar-refractivity contribution in [1.29, 1.82) is 0 Å². The van der Waals surface area contributed by atoms with Crippen molar-refractivity contribution in [3.8, 4) is 24.0 Å². The van der Waals surface area contributed by atoms with Gasteiger partial charge in [-0.3, -0.25) is 0 Å². The number of benzene rings is 5. The molecule has 288 valence electrons. The van der Waals surface area contributed by atoms with E-state index < -0.39 is 0 Å². The Kier molecular flexibility index (Phi) is 22.6. The lowest BCUT2D eigenvalue weighted by atomic mass is 9.76. The van der Waals surface area contributed by atoms with E-state index in [4.69, 9.17) is 0 Å². The van der Waals surface area contributed by atoms with Crippen molar-refractivity contribution in [2.45, 2.75) is 86.0 Å². The second-order valence-electron chi connectivity index (χ2n) is 13.7. The van der Waals surface area contributed by atoms with E-state index in [2.05, 4.69) is 202 Å². The largest absolute Gasteiger partial charge is 0.183 e. The molecule has 0 aromatic heterocycles. The number of aryl methyl sites for hydroxylation is 3. The number of rotatable bonds is 4. The lowest BCUT2D eigenvalue weighted by molar-refractivity contribution is 0.600. The van der Waals surface area contributed by atoms with Crippen LogP contribution in [-0.2, 0) is 10.8 Å². The van der Waals surface area contributed by atoms with Crippen LogP contribution in [0.4, 0.5) is 0 Å². The molecule has 2 aliphatic rings. The van der Waals surface area contributed by atoms with Gasteiger partial charge in [-0.2, -0.15) is 12.6 Å². The maximum Gasteiger partial charge on any atom is 0.0155 e. The third kappa shape index (κ3) is 14.3. The van der Waals surface area contributed by atoms with Crippen molar-refractivity contribution in [2.75, 3.05) is 6.26 Å². The molecule has 5 aromatic carbocycles. The van der Waals surface area contributed by atoms with Crippen LogP contribution in [0.15, 0.2) is 176 Å². The van der Waals surface area contributed by atoms with Crippen LogP contribution in [0.25, 0.3) is 16.7 Å². The average Bonchev–Trinajstić information content (AvgIpc) is 3.48. The highest BCUT2D eigenvalue weighted by Crippen LogP contribution is 2.47. The van der Waals surface area contributed by atoms with Gasteiger partial charge in [0.1, 0.15) is 0 Å². The van der Waals surface area contributed by atoms with Gasteiger partial charge in [0, 0.05) is 10.8 Å². The highest BCUT2D eigenvalue weighted by molar-refractivity contribution is 7.79. The number of hydrogen-bond donors (Lipinski definition) is 1. The van der Waals surface area contributed by atoms with Crippen LogP contribution in [0, 0.1) is 33.6 Å². The van der Waals surface area contributed by atoms with E-state index in [0.717, 1.165) is 12.8 Å². The predicted octanol–water partition coefficient (Wildman–Crippen LogP) is 15.6. The first kappa shape index (κ1) is 48.0. The van der Waals surface area contributed by atoms with E-state index in [-0.39, 0.29) is 10.8 Å². The summed E-state index contributed by atoms with van der Waals surface area (Å²) in [5, 5.41) is 0. The van der Waals surface area contributed by atoms with Gasteiger partial charge in [-0.15, -0.1) is 12.8 Å². The van der Waals surface area contributed by atoms with Crippen molar-refractivity contribution >= 4 is 18.2 Å². The molecule has 0 aliphatic heterocycles. The Labute approximate surface area is 342 Å². The molecule has 1 atom stereocenters. The lowest BCUT2D eigenvalue weighted by Crippen LogP contribution is -2.19. The van der Waals surface area contributed by atoms with Crippen molar-refractivity contribution in [2.24, 2.45) is 0 Å². The third-order valence-electron chi connectivity index (χ3n) is 9.60. The topological polar surface area (TPSA) is 0 Å². The van der Waals surface area contributed by atoms with E-state index in [1.165, 1.54) is 55.7 Å². The Morgan fingerprint density at radius 2 is 1.15 bits per heavy atom. The summed E-state index contributed by atoms with van der Waals surface area (Å²) in [5.74, 6) is 0. The van der Waals surface area contributed by atoms with Gasteiger partial charge in [0.2, 0.25) is 0 Å². The molecule has 7 rings (SSSR count). The van der Waals surface area contributed by atoms with Gasteiger partial charge in [0.05, 0.1) is 0 Å². The fourth-order valence-electron chi connectivity index (χ4n) is 6.59. The molecule has 0 radical (unpaired) electrons. The molecule has 0 bridgehead atoms. The molecule has 0 saturated heterocycles. The Morgan fingerprint density at radius 1 is 0.655 bits per heavy atom. The van der Waals surface area contributed by atoms with E-state index in [9.17, 15) is 0 Å². The smallest absolute Gasteiger partial charge is 0.0155 e. The van der Waals surface area contributed by atoms with E-state index >= 15 is 0 Å². The second kappa shape index (κ2) is 25.9. The SMILES string of the molecule is C#C.C=CC1=C(CC)c2ccccc2C1(C)C.CC.CS.Cc1ccc(C)cc1.Cc1ccc(C2(C)C=CC=CC2)cc1-c1ccccc1.c1ccccc1. The molecule has 5 aromatic rings. The molecule has 0 amide bonds. The fraction of sp³-hybridized carbons (Fsp3) is 0.259. The van der Waals surface area contributed by atoms with Crippen LogP contribution >= 0.6 is 12.6 Å². The van der Waals surface area contributed by atoms with Crippen LogP contribution < -0.4 is 0 Å².